The zero-order chi connectivity index (χ0) is 7.19. The van der Waals surface area contributed by atoms with Crippen molar-refractivity contribution in [2.45, 2.75) is 20.3 Å². The first kappa shape index (κ1) is 5.96. The number of hydrogen-bond donors (Lipinski definition) is 0. The highest BCUT2D eigenvalue weighted by Gasteiger charge is 2.44. The highest BCUT2D eigenvalue weighted by molar-refractivity contribution is 5.54. The lowest BCUT2D eigenvalue weighted by Crippen LogP contribution is -2.02. The van der Waals surface area contributed by atoms with Crippen LogP contribution in [0.1, 0.15) is 20.3 Å². The maximum atomic E-state index is 2.32. The molecule has 0 unspecified atom stereocenters. The van der Waals surface area contributed by atoms with Crippen LogP contribution in [0.15, 0.2) is 35.5 Å². The summed E-state index contributed by atoms with van der Waals surface area (Å²) in [5.41, 5.74) is 3.57. The van der Waals surface area contributed by atoms with Gasteiger partial charge in [-0.1, -0.05) is 35.5 Å². The molecule has 0 nitrogen and oxygen atoms in total. The maximum Gasteiger partial charge on any atom is 0.0338 e. The van der Waals surface area contributed by atoms with Gasteiger partial charge < -0.3 is 0 Å². The molecule has 0 saturated heterocycles. The fourth-order valence-corrected chi connectivity index (χ4v) is 1.83. The molecule has 0 aliphatic heterocycles. The van der Waals surface area contributed by atoms with Crippen LogP contribution >= 0.6 is 0 Å². The molecular weight excluding hydrogens is 120 g/mol. The van der Waals surface area contributed by atoms with Crippen molar-refractivity contribution in [3.63, 3.8) is 0 Å². The van der Waals surface area contributed by atoms with E-state index in [1.807, 2.05) is 0 Å². The van der Waals surface area contributed by atoms with Gasteiger partial charge in [-0.2, -0.15) is 0 Å². The average molecular weight is 132 g/mol. The summed E-state index contributed by atoms with van der Waals surface area (Å²) in [7, 11) is 0. The molecule has 2 rings (SSSR count). The van der Waals surface area contributed by atoms with Crippen molar-refractivity contribution in [1.82, 2.24) is 0 Å². The lowest BCUT2D eigenvalue weighted by Gasteiger charge is -2.13. The normalized spacial score (nSPS) is 26.2. The van der Waals surface area contributed by atoms with E-state index in [9.17, 15) is 0 Å². The molecule has 0 heterocycles. The fraction of sp³-hybridized carbons (Fsp3) is 0.400. The van der Waals surface area contributed by atoms with Gasteiger partial charge in [0.1, 0.15) is 0 Å². The van der Waals surface area contributed by atoms with Crippen LogP contribution in [0.25, 0.3) is 0 Å². The Kier molecular flexibility index (Phi) is 0.971. The van der Waals surface area contributed by atoms with Crippen molar-refractivity contribution in [1.29, 1.82) is 0 Å². The van der Waals surface area contributed by atoms with Gasteiger partial charge in [0.15, 0.2) is 0 Å². The predicted octanol–water partition coefficient (Wildman–Crippen LogP) is 2.84. The molecule has 0 N–H and O–H groups in total. The molecule has 0 saturated carbocycles. The minimum atomic E-state index is 0.411. The molecule has 0 amide bonds. The molecule has 0 radical (unpaired) electrons. The summed E-state index contributed by atoms with van der Waals surface area (Å²) in [6.45, 7) is 4.47. The van der Waals surface area contributed by atoms with Gasteiger partial charge in [0.05, 0.1) is 0 Å². The van der Waals surface area contributed by atoms with E-state index >= 15 is 0 Å². The standard InChI is InChI=1S/C10H12/c1-8-9(2)10(8)6-4-3-5-7-10/h3-6H,7H2,1-2H3. The van der Waals surface area contributed by atoms with Crippen molar-refractivity contribution in [2.24, 2.45) is 5.41 Å². The largest absolute Gasteiger partial charge is 0.0830 e. The summed E-state index contributed by atoms with van der Waals surface area (Å²) in [6.07, 6.45) is 10.0. The topological polar surface area (TPSA) is 0 Å². The number of rotatable bonds is 0. The zero-order valence-electron chi connectivity index (χ0n) is 6.52. The van der Waals surface area contributed by atoms with Crippen LogP contribution in [-0.2, 0) is 0 Å². The SMILES string of the molecule is CC1=C(C)C12C=CC=CC2. The van der Waals surface area contributed by atoms with Gasteiger partial charge in [-0.15, -0.1) is 0 Å². The van der Waals surface area contributed by atoms with Gasteiger partial charge in [-0.05, 0) is 20.3 Å². The highest BCUT2D eigenvalue weighted by atomic mass is 14.5. The van der Waals surface area contributed by atoms with Crippen LogP contribution in [0.2, 0.25) is 0 Å². The van der Waals surface area contributed by atoms with Crippen LogP contribution in [-0.4, -0.2) is 0 Å². The van der Waals surface area contributed by atoms with Crippen molar-refractivity contribution in [2.75, 3.05) is 0 Å². The monoisotopic (exact) mass is 132 g/mol. The summed E-state index contributed by atoms with van der Waals surface area (Å²) in [5.74, 6) is 0. The van der Waals surface area contributed by atoms with Crippen LogP contribution in [0.3, 0.4) is 0 Å². The van der Waals surface area contributed by atoms with E-state index in [1.165, 1.54) is 6.42 Å². The smallest absolute Gasteiger partial charge is 0.0338 e. The van der Waals surface area contributed by atoms with E-state index in [1.54, 1.807) is 11.1 Å². The predicted molar refractivity (Wildman–Crippen MR) is 43.7 cm³/mol. The Bertz CT molecular complexity index is 239. The Hall–Kier alpha value is -0.780. The summed E-state index contributed by atoms with van der Waals surface area (Å²) in [4.78, 5) is 0. The first-order chi connectivity index (χ1) is 4.77. The van der Waals surface area contributed by atoms with Crippen LogP contribution < -0.4 is 0 Å². The molecule has 2 aliphatic rings. The Balaban J connectivity index is 2.25. The van der Waals surface area contributed by atoms with Gasteiger partial charge in [0.2, 0.25) is 0 Å². The molecule has 0 bridgehead atoms. The Labute approximate surface area is 61.9 Å². The van der Waals surface area contributed by atoms with Gasteiger partial charge >= 0.3 is 0 Å². The minimum Gasteiger partial charge on any atom is -0.0830 e. The third kappa shape index (κ3) is 0.518. The van der Waals surface area contributed by atoms with Gasteiger partial charge in [0.25, 0.3) is 0 Å². The minimum absolute atomic E-state index is 0.411. The van der Waals surface area contributed by atoms with Gasteiger partial charge in [-0.3, -0.25) is 0 Å². The molecule has 0 aromatic heterocycles. The van der Waals surface area contributed by atoms with Crippen molar-refractivity contribution >= 4 is 0 Å². The molecule has 2 aliphatic carbocycles. The summed E-state index contributed by atoms with van der Waals surface area (Å²) in [6, 6.07) is 0. The van der Waals surface area contributed by atoms with Crippen molar-refractivity contribution < 1.29 is 0 Å². The molecule has 52 valence electrons. The fourth-order valence-electron chi connectivity index (χ4n) is 1.83. The first-order valence-electron chi connectivity index (χ1n) is 3.80. The van der Waals surface area contributed by atoms with E-state index in [2.05, 4.69) is 38.2 Å². The third-order valence-corrected chi connectivity index (χ3v) is 2.91. The molecule has 0 fully saturated rings. The third-order valence-electron chi connectivity index (χ3n) is 2.91. The Morgan fingerprint density at radius 1 is 1.20 bits per heavy atom. The van der Waals surface area contributed by atoms with Crippen LogP contribution in [0.5, 0.6) is 0 Å². The van der Waals surface area contributed by atoms with Crippen molar-refractivity contribution in [3.8, 4) is 0 Å². The number of allylic oxidation sites excluding steroid dienone is 6. The summed E-state index contributed by atoms with van der Waals surface area (Å²) < 4.78 is 0. The van der Waals surface area contributed by atoms with Crippen molar-refractivity contribution in [3.05, 3.63) is 35.5 Å². The van der Waals surface area contributed by atoms with E-state index < -0.39 is 0 Å². The molecule has 1 spiro atoms. The second-order valence-corrected chi connectivity index (χ2v) is 3.21. The first-order valence-corrected chi connectivity index (χ1v) is 3.80. The van der Waals surface area contributed by atoms with Gasteiger partial charge in [0, 0.05) is 5.41 Å². The van der Waals surface area contributed by atoms with E-state index in [-0.39, 0.29) is 0 Å². The quantitative estimate of drug-likeness (QED) is 0.444. The average Bonchev–Trinajstić information content (AvgIpc) is 2.45. The lowest BCUT2D eigenvalue weighted by molar-refractivity contribution is 0.679. The molecule has 0 aromatic carbocycles. The molecular formula is C10H12. The molecule has 0 heteroatoms. The van der Waals surface area contributed by atoms with Crippen LogP contribution in [0.4, 0.5) is 0 Å². The highest BCUT2D eigenvalue weighted by Crippen LogP contribution is 2.56. The second-order valence-electron chi connectivity index (χ2n) is 3.21. The van der Waals surface area contributed by atoms with Gasteiger partial charge in [-0.25, -0.2) is 0 Å². The zero-order valence-corrected chi connectivity index (χ0v) is 6.52. The summed E-state index contributed by atoms with van der Waals surface area (Å²) in [5, 5.41) is 0. The molecule has 0 aromatic rings. The molecule has 10 heavy (non-hydrogen) atoms. The maximum absolute atomic E-state index is 2.32. The van der Waals surface area contributed by atoms with E-state index in [0.29, 0.717) is 5.41 Å². The molecule has 0 atom stereocenters. The summed E-state index contributed by atoms with van der Waals surface area (Å²) >= 11 is 0. The van der Waals surface area contributed by atoms with Crippen LogP contribution in [0, 0.1) is 5.41 Å². The Morgan fingerprint density at radius 3 is 2.20 bits per heavy atom. The second kappa shape index (κ2) is 1.63. The number of hydrogen-bond acceptors (Lipinski definition) is 0. The van der Waals surface area contributed by atoms with E-state index in [0.717, 1.165) is 0 Å². The lowest BCUT2D eigenvalue weighted by atomic mass is 9.90. The van der Waals surface area contributed by atoms with E-state index in [4.69, 9.17) is 0 Å². The Morgan fingerprint density at radius 2 is 1.90 bits per heavy atom.